The fourth-order valence-electron chi connectivity index (χ4n) is 6.91. The summed E-state index contributed by atoms with van der Waals surface area (Å²) < 4.78 is 16.6. The summed E-state index contributed by atoms with van der Waals surface area (Å²) >= 11 is 0. The SMILES string of the molecule is CCOc1ncc(-c2cccc(N(CC34CCC(c5noc(C(C)(C)C)n5)(CC3)CC4)C(=O)C3CC(OC)C3)c2)cn1. The third kappa shape index (κ3) is 5.43. The largest absolute Gasteiger partial charge is 0.464 e. The van der Waals surface area contributed by atoms with E-state index >= 15 is 0 Å². The van der Waals surface area contributed by atoms with Crippen LogP contribution in [-0.2, 0) is 20.4 Å². The zero-order chi connectivity index (χ0) is 29.5. The standard InChI is InChI=1S/C33H43N5O4/c1-6-41-30-34-19-24(20-35-30)22-8-7-9-25(16-22)38(27(39)23-17-26(18-23)40-5)21-32-10-13-33(14-11-32,15-12-32)28-36-29(42-37-28)31(2,3)4/h7-9,16,19-20,23,26H,6,10-15,17-18,21H2,1-5H3. The quantitative estimate of drug-likeness (QED) is 0.295. The number of ether oxygens (including phenoxy) is 2. The van der Waals surface area contributed by atoms with Crippen molar-refractivity contribution < 1.29 is 18.8 Å². The van der Waals surface area contributed by atoms with Gasteiger partial charge < -0.3 is 18.9 Å². The summed E-state index contributed by atoms with van der Waals surface area (Å²) in [6.45, 7) is 9.47. The first-order valence-electron chi connectivity index (χ1n) is 15.4. The minimum Gasteiger partial charge on any atom is -0.464 e. The highest BCUT2D eigenvalue weighted by molar-refractivity contribution is 5.96. The number of carbonyl (C=O) groups is 1. The van der Waals surface area contributed by atoms with Crippen molar-refractivity contribution in [3.8, 4) is 17.1 Å². The Kier molecular flexibility index (Phi) is 7.58. The number of methoxy groups -OCH3 is 1. The number of carbonyl (C=O) groups excluding carboxylic acids is 1. The molecular formula is C33H43N5O4. The Morgan fingerprint density at radius 2 is 1.74 bits per heavy atom. The number of anilines is 1. The first-order chi connectivity index (χ1) is 20.1. The van der Waals surface area contributed by atoms with Gasteiger partial charge in [-0.25, -0.2) is 9.97 Å². The maximum Gasteiger partial charge on any atom is 0.316 e. The minimum atomic E-state index is -0.162. The van der Waals surface area contributed by atoms with E-state index in [9.17, 15) is 4.79 Å². The van der Waals surface area contributed by atoms with Crippen molar-refractivity contribution in [3.63, 3.8) is 0 Å². The number of hydrogen-bond donors (Lipinski definition) is 0. The van der Waals surface area contributed by atoms with Gasteiger partial charge in [-0.3, -0.25) is 4.79 Å². The Hall–Kier alpha value is -3.33. The van der Waals surface area contributed by atoms with Crippen LogP contribution >= 0.6 is 0 Å². The van der Waals surface area contributed by atoms with Crippen molar-refractivity contribution in [3.05, 3.63) is 48.4 Å². The molecular weight excluding hydrogens is 530 g/mol. The van der Waals surface area contributed by atoms with Gasteiger partial charge in [0, 0.05) is 54.0 Å². The first-order valence-corrected chi connectivity index (χ1v) is 15.4. The molecule has 2 aromatic heterocycles. The molecule has 2 heterocycles. The van der Waals surface area contributed by atoms with Gasteiger partial charge in [0.25, 0.3) is 0 Å². The van der Waals surface area contributed by atoms with Gasteiger partial charge >= 0.3 is 6.01 Å². The zero-order valence-electron chi connectivity index (χ0n) is 25.6. The summed E-state index contributed by atoms with van der Waals surface area (Å²) in [5.41, 5.74) is 2.70. The Labute approximate surface area is 248 Å². The minimum absolute atomic E-state index is 0.00904. The van der Waals surface area contributed by atoms with E-state index in [-0.39, 0.29) is 34.2 Å². The molecule has 1 aromatic carbocycles. The molecule has 0 N–H and O–H groups in total. The predicted octanol–water partition coefficient (Wildman–Crippen LogP) is 6.27. The molecule has 4 saturated carbocycles. The molecule has 2 bridgehead atoms. The Morgan fingerprint density at radius 1 is 1.05 bits per heavy atom. The van der Waals surface area contributed by atoms with Gasteiger partial charge in [0.1, 0.15) is 0 Å². The molecule has 4 aliphatic rings. The van der Waals surface area contributed by atoms with Crippen LogP contribution in [0.25, 0.3) is 11.1 Å². The number of nitrogens with zero attached hydrogens (tertiary/aromatic N) is 5. The normalized spacial score (nSPS) is 27.0. The summed E-state index contributed by atoms with van der Waals surface area (Å²) in [4.78, 5) is 29.7. The van der Waals surface area contributed by atoms with Crippen LogP contribution in [0.1, 0.15) is 90.8 Å². The van der Waals surface area contributed by atoms with Gasteiger partial charge in [-0.1, -0.05) is 38.1 Å². The molecule has 224 valence electrons. The van der Waals surface area contributed by atoms with Crippen LogP contribution in [0.4, 0.5) is 5.69 Å². The smallest absolute Gasteiger partial charge is 0.316 e. The van der Waals surface area contributed by atoms with E-state index < -0.39 is 0 Å². The molecule has 9 heteroatoms. The fraction of sp³-hybridized carbons (Fsp3) is 0.606. The van der Waals surface area contributed by atoms with E-state index in [1.807, 2.05) is 19.1 Å². The van der Waals surface area contributed by atoms with Crippen molar-refractivity contribution in [2.24, 2.45) is 11.3 Å². The maximum absolute atomic E-state index is 14.1. The lowest BCUT2D eigenvalue weighted by molar-refractivity contribution is -0.130. The third-order valence-corrected chi connectivity index (χ3v) is 9.87. The van der Waals surface area contributed by atoms with Gasteiger partial charge in [0.15, 0.2) is 5.82 Å². The molecule has 0 unspecified atom stereocenters. The third-order valence-electron chi connectivity index (χ3n) is 9.87. The lowest BCUT2D eigenvalue weighted by Crippen LogP contribution is -2.53. The van der Waals surface area contributed by atoms with Crippen LogP contribution < -0.4 is 9.64 Å². The zero-order valence-corrected chi connectivity index (χ0v) is 25.6. The summed E-state index contributed by atoms with van der Waals surface area (Å²) in [5.74, 6) is 1.77. The molecule has 0 radical (unpaired) electrons. The number of amides is 1. The van der Waals surface area contributed by atoms with Gasteiger partial charge in [-0.2, -0.15) is 4.98 Å². The van der Waals surface area contributed by atoms with Crippen molar-refractivity contribution >= 4 is 11.6 Å². The molecule has 1 amide bonds. The van der Waals surface area contributed by atoms with Crippen molar-refractivity contribution in [1.82, 2.24) is 20.1 Å². The van der Waals surface area contributed by atoms with Crippen molar-refractivity contribution in [1.29, 1.82) is 0 Å². The van der Waals surface area contributed by atoms with Crippen molar-refractivity contribution in [2.75, 3.05) is 25.2 Å². The average molecular weight is 574 g/mol. The maximum atomic E-state index is 14.1. The summed E-state index contributed by atoms with van der Waals surface area (Å²) in [6, 6.07) is 8.59. The molecule has 4 aliphatic carbocycles. The topological polar surface area (TPSA) is 103 Å². The number of aromatic nitrogens is 4. The molecule has 7 rings (SSSR count). The van der Waals surface area contributed by atoms with E-state index in [1.54, 1.807) is 19.5 Å². The van der Waals surface area contributed by atoms with Crippen LogP contribution in [0.5, 0.6) is 6.01 Å². The van der Waals surface area contributed by atoms with Crippen LogP contribution in [0, 0.1) is 11.3 Å². The average Bonchev–Trinajstić information content (AvgIpc) is 3.50. The molecule has 42 heavy (non-hydrogen) atoms. The first kappa shape index (κ1) is 28.8. The van der Waals surface area contributed by atoms with Crippen LogP contribution in [0.3, 0.4) is 0 Å². The highest BCUT2D eigenvalue weighted by Gasteiger charge is 2.53. The second kappa shape index (κ2) is 11.1. The van der Waals surface area contributed by atoms with Crippen LogP contribution in [-0.4, -0.2) is 52.4 Å². The monoisotopic (exact) mass is 573 g/mol. The second-order valence-corrected chi connectivity index (χ2v) is 13.6. The fourth-order valence-corrected chi connectivity index (χ4v) is 6.91. The Balaban J connectivity index is 1.24. The highest BCUT2D eigenvalue weighted by atomic mass is 16.5. The van der Waals surface area contributed by atoms with Gasteiger partial charge in [0.05, 0.1) is 12.7 Å². The van der Waals surface area contributed by atoms with Gasteiger partial charge in [-0.15, -0.1) is 0 Å². The number of benzene rings is 1. The molecule has 0 saturated heterocycles. The van der Waals surface area contributed by atoms with E-state index in [0.29, 0.717) is 18.5 Å². The van der Waals surface area contributed by atoms with Crippen LogP contribution in [0.2, 0.25) is 0 Å². The molecule has 3 aromatic rings. The van der Waals surface area contributed by atoms with E-state index in [0.717, 1.165) is 80.6 Å². The van der Waals surface area contributed by atoms with Gasteiger partial charge in [-0.05, 0) is 81.4 Å². The molecule has 4 fully saturated rings. The molecule has 0 atom stereocenters. The number of rotatable bonds is 9. The van der Waals surface area contributed by atoms with Crippen molar-refractivity contribution in [2.45, 2.75) is 96.0 Å². The molecule has 0 spiro atoms. The number of hydrogen-bond acceptors (Lipinski definition) is 8. The lowest BCUT2D eigenvalue weighted by Gasteiger charge is -2.53. The van der Waals surface area contributed by atoms with E-state index in [2.05, 4.69) is 52.9 Å². The number of fused-ring (bicyclic) bond motifs is 3. The predicted molar refractivity (Wildman–Crippen MR) is 159 cm³/mol. The Morgan fingerprint density at radius 3 is 2.33 bits per heavy atom. The van der Waals surface area contributed by atoms with Gasteiger partial charge in [0.2, 0.25) is 11.8 Å². The van der Waals surface area contributed by atoms with E-state index in [1.165, 1.54) is 0 Å². The molecule has 9 nitrogen and oxygen atoms in total. The highest BCUT2D eigenvalue weighted by Crippen LogP contribution is 2.58. The summed E-state index contributed by atoms with van der Waals surface area (Å²) in [6.07, 6.45) is 11.5. The molecule has 0 aliphatic heterocycles. The Bertz CT molecular complexity index is 1380. The summed E-state index contributed by atoms with van der Waals surface area (Å²) in [7, 11) is 1.73. The second-order valence-electron chi connectivity index (χ2n) is 13.6. The lowest BCUT2D eigenvalue weighted by atomic mass is 9.53. The van der Waals surface area contributed by atoms with E-state index in [4.69, 9.17) is 19.0 Å². The summed E-state index contributed by atoms with van der Waals surface area (Å²) in [5, 5.41) is 4.46. The van der Waals surface area contributed by atoms with Crippen LogP contribution in [0.15, 0.2) is 41.2 Å².